The number of ether oxygens (including phenoxy) is 3. The standard InChI is InChI=1S/C10H14N2O3/c1-5-4-14-9-6(11)3-7(13-2)8(12)10(9)15-5/h3,5H,4,11-12H2,1-2H3. The molecule has 15 heavy (non-hydrogen) atoms. The van der Waals surface area contributed by atoms with Crippen LogP contribution in [-0.2, 0) is 0 Å². The third kappa shape index (κ3) is 1.49. The molecule has 0 fully saturated rings. The summed E-state index contributed by atoms with van der Waals surface area (Å²) in [6.07, 6.45) is -0.0358. The van der Waals surface area contributed by atoms with Crippen LogP contribution in [0.15, 0.2) is 6.07 Å². The SMILES string of the molecule is COc1cc(N)c2c(c1N)OC(C)CO2. The minimum absolute atomic E-state index is 0.0358. The Morgan fingerprint density at radius 2 is 2.13 bits per heavy atom. The van der Waals surface area contributed by atoms with Gasteiger partial charge in [0.05, 0.1) is 12.8 Å². The maximum absolute atomic E-state index is 5.86. The Hall–Kier alpha value is -1.78. The maximum Gasteiger partial charge on any atom is 0.190 e. The smallest absolute Gasteiger partial charge is 0.190 e. The molecule has 1 atom stereocenters. The summed E-state index contributed by atoms with van der Waals surface area (Å²) in [7, 11) is 1.53. The molecule has 5 heteroatoms. The van der Waals surface area contributed by atoms with Gasteiger partial charge < -0.3 is 25.7 Å². The molecule has 0 saturated heterocycles. The number of rotatable bonds is 1. The molecule has 1 aliphatic rings. The van der Waals surface area contributed by atoms with Crippen LogP contribution in [0.4, 0.5) is 11.4 Å². The lowest BCUT2D eigenvalue weighted by molar-refractivity contribution is 0.106. The van der Waals surface area contributed by atoms with Crippen molar-refractivity contribution in [3.8, 4) is 17.2 Å². The van der Waals surface area contributed by atoms with Crippen molar-refractivity contribution < 1.29 is 14.2 Å². The van der Waals surface area contributed by atoms with E-state index >= 15 is 0 Å². The Morgan fingerprint density at radius 3 is 2.80 bits per heavy atom. The number of methoxy groups -OCH3 is 1. The van der Waals surface area contributed by atoms with E-state index in [-0.39, 0.29) is 6.10 Å². The van der Waals surface area contributed by atoms with Crippen LogP contribution in [0.25, 0.3) is 0 Å². The van der Waals surface area contributed by atoms with Gasteiger partial charge in [-0.15, -0.1) is 0 Å². The zero-order chi connectivity index (χ0) is 11.0. The topological polar surface area (TPSA) is 79.7 Å². The molecule has 2 rings (SSSR count). The molecule has 1 aliphatic heterocycles. The van der Waals surface area contributed by atoms with Crippen molar-refractivity contribution in [3.63, 3.8) is 0 Å². The molecule has 0 bridgehead atoms. The van der Waals surface area contributed by atoms with Gasteiger partial charge in [-0.1, -0.05) is 0 Å². The Bertz CT molecular complexity index is 393. The van der Waals surface area contributed by atoms with Crippen LogP contribution >= 0.6 is 0 Å². The fourth-order valence-electron chi connectivity index (χ4n) is 1.52. The maximum atomic E-state index is 5.86. The second-order valence-electron chi connectivity index (χ2n) is 3.48. The predicted octanol–water partition coefficient (Wildman–Crippen LogP) is 1.02. The van der Waals surface area contributed by atoms with Gasteiger partial charge in [0.2, 0.25) is 0 Å². The fourth-order valence-corrected chi connectivity index (χ4v) is 1.52. The van der Waals surface area contributed by atoms with Gasteiger partial charge in [-0.3, -0.25) is 0 Å². The van der Waals surface area contributed by atoms with Gasteiger partial charge in [0.25, 0.3) is 0 Å². The molecular formula is C10H14N2O3. The summed E-state index contributed by atoms with van der Waals surface area (Å²) in [6, 6.07) is 1.63. The zero-order valence-corrected chi connectivity index (χ0v) is 8.74. The highest BCUT2D eigenvalue weighted by molar-refractivity contribution is 5.77. The molecule has 5 nitrogen and oxygen atoms in total. The molecule has 82 valence electrons. The summed E-state index contributed by atoms with van der Waals surface area (Å²) in [4.78, 5) is 0. The average Bonchev–Trinajstić information content (AvgIpc) is 2.23. The molecular weight excluding hydrogens is 196 g/mol. The number of benzene rings is 1. The average molecular weight is 210 g/mol. The van der Waals surface area contributed by atoms with Crippen molar-refractivity contribution in [2.45, 2.75) is 13.0 Å². The van der Waals surface area contributed by atoms with Crippen LogP contribution in [0, 0.1) is 0 Å². The number of anilines is 2. The third-order valence-electron chi connectivity index (χ3n) is 2.27. The van der Waals surface area contributed by atoms with Crippen molar-refractivity contribution >= 4 is 11.4 Å². The van der Waals surface area contributed by atoms with Crippen molar-refractivity contribution in [2.24, 2.45) is 0 Å². The molecule has 1 unspecified atom stereocenters. The fraction of sp³-hybridized carbons (Fsp3) is 0.400. The molecule has 1 aromatic rings. The number of nitrogens with two attached hydrogens (primary N) is 2. The third-order valence-corrected chi connectivity index (χ3v) is 2.27. The first-order valence-electron chi connectivity index (χ1n) is 4.69. The van der Waals surface area contributed by atoms with E-state index < -0.39 is 0 Å². The van der Waals surface area contributed by atoms with E-state index in [1.807, 2.05) is 6.92 Å². The largest absolute Gasteiger partial charge is 0.494 e. The van der Waals surface area contributed by atoms with E-state index in [0.717, 1.165) is 0 Å². The molecule has 1 heterocycles. The van der Waals surface area contributed by atoms with Crippen LogP contribution in [0.1, 0.15) is 6.92 Å². The summed E-state index contributed by atoms with van der Waals surface area (Å²) >= 11 is 0. The van der Waals surface area contributed by atoms with Gasteiger partial charge in [-0.05, 0) is 6.92 Å². The highest BCUT2D eigenvalue weighted by Gasteiger charge is 2.24. The Morgan fingerprint density at radius 1 is 1.40 bits per heavy atom. The first kappa shape index (κ1) is 9.76. The molecule has 0 amide bonds. The van der Waals surface area contributed by atoms with Crippen molar-refractivity contribution in [1.82, 2.24) is 0 Å². The monoisotopic (exact) mass is 210 g/mol. The lowest BCUT2D eigenvalue weighted by Gasteiger charge is -2.26. The number of fused-ring (bicyclic) bond motifs is 1. The summed E-state index contributed by atoms with van der Waals surface area (Å²) in [5.74, 6) is 1.49. The van der Waals surface area contributed by atoms with Crippen molar-refractivity contribution in [2.75, 3.05) is 25.2 Å². The number of hydrogen-bond donors (Lipinski definition) is 2. The number of nitrogen functional groups attached to an aromatic ring is 2. The zero-order valence-electron chi connectivity index (χ0n) is 8.74. The van der Waals surface area contributed by atoms with E-state index in [1.165, 1.54) is 7.11 Å². The van der Waals surface area contributed by atoms with Crippen LogP contribution < -0.4 is 25.7 Å². The molecule has 0 radical (unpaired) electrons. The van der Waals surface area contributed by atoms with E-state index in [4.69, 9.17) is 25.7 Å². The molecule has 1 aromatic carbocycles. The quantitative estimate of drug-likeness (QED) is 0.676. The van der Waals surface area contributed by atoms with Gasteiger partial charge in [-0.25, -0.2) is 0 Å². The van der Waals surface area contributed by atoms with E-state index in [2.05, 4.69) is 0 Å². The molecule has 0 aliphatic carbocycles. The summed E-state index contributed by atoms with van der Waals surface area (Å²) in [6.45, 7) is 2.38. The van der Waals surface area contributed by atoms with Gasteiger partial charge in [-0.2, -0.15) is 0 Å². The van der Waals surface area contributed by atoms with Crippen LogP contribution in [0.3, 0.4) is 0 Å². The molecule has 0 saturated carbocycles. The molecule has 0 aromatic heterocycles. The number of hydrogen-bond acceptors (Lipinski definition) is 5. The second kappa shape index (κ2) is 3.42. The van der Waals surface area contributed by atoms with Crippen molar-refractivity contribution in [3.05, 3.63) is 6.07 Å². The Balaban J connectivity index is 2.55. The second-order valence-corrected chi connectivity index (χ2v) is 3.48. The van der Waals surface area contributed by atoms with Gasteiger partial charge in [0.15, 0.2) is 11.5 Å². The minimum Gasteiger partial charge on any atom is -0.494 e. The summed E-state index contributed by atoms with van der Waals surface area (Å²) in [5.41, 5.74) is 12.6. The summed E-state index contributed by atoms with van der Waals surface area (Å²) < 4.78 is 16.1. The predicted molar refractivity (Wildman–Crippen MR) is 57.4 cm³/mol. The Labute approximate surface area is 87.9 Å². The Kier molecular flexibility index (Phi) is 2.22. The van der Waals surface area contributed by atoms with Gasteiger partial charge >= 0.3 is 0 Å². The first-order valence-corrected chi connectivity index (χ1v) is 4.69. The van der Waals surface area contributed by atoms with Gasteiger partial charge in [0.1, 0.15) is 24.1 Å². The van der Waals surface area contributed by atoms with E-state index in [1.54, 1.807) is 6.07 Å². The van der Waals surface area contributed by atoms with E-state index in [0.29, 0.717) is 35.2 Å². The normalized spacial score (nSPS) is 18.7. The summed E-state index contributed by atoms with van der Waals surface area (Å²) in [5, 5.41) is 0. The van der Waals surface area contributed by atoms with Crippen LogP contribution in [-0.4, -0.2) is 19.8 Å². The van der Waals surface area contributed by atoms with Crippen molar-refractivity contribution in [1.29, 1.82) is 0 Å². The highest BCUT2D eigenvalue weighted by atomic mass is 16.6. The van der Waals surface area contributed by atoms with Crippen LogP contribution in [0.5, 0.6) is 17.2 Å². The lowest BCUT2D eigenvalue weighted by Crippen LogP contribution is -2.27. The lowest BCUT2D eigenvalue weighted by atomic mass is 10.2. The van der Waals surface area contributed by atoms with Crippen LogP contribution in [0.2, 0.25) is 0 Å². The van der Waals surface area contributed by atoms with Gasteiger partial charge in [0, 0.05) is 6.07 Å². The molecule has 0 spiro atoms. The highest BCUT2D eigenvalue weighted by Crippen LogP contribution is 2.46. The minimum atomic E-state index is -0.0358. The first-order chi connectivity index (χ1) is 7.13. The molecule has 4 N–H and O–H groups in total. The van der Waals surface area contributed by atoms with E-state index in [9.17, 15) is 0 Å².